The number of piperazine rings is 1. The Morgan fingerprint density at radius 3 is 2.42 bits per heavy atom. The van der Waals surface area contributed by atoms with Gasteiger partial charge in [0.15, 0.2) is 0 Å². The minimum Gasteiger partial charge on any atom is -0.375 e. The van der Waals surface area contributed by atoms with Gasteiger partial charge in [-0.3, -0.25) is 9.59 Å². The molecule has 0 saturated carbocycles. The lowest BCUT2D eigenvalue weighted by Gasteiger charge is -2.54. The molecule has 0 aromatic heterocycles. The zero-order valence-corrected chi connectivity index (χ0v) is 21.8. The fraction of sp³-hybridized carbons (Fsp3) is 0.414. The summed E-state index contributed by atoms with van der Waals surface area (Å²) in [5.74, 6) is 2.24. The van der Waals surface area contributed by atoms with Gasteiger partial charge in [0.25, 0.3) is 0 Å². The number of rotatable bonds is 10. The first-order valence-electron chi connectivity index (χ1n) is 13.0. The van der Waals surface area contributed by atoms with Crippen molar-refractivity contribution in [2.75, 3.05) is 32.8 Å². The number of ether oxygens (including phenoxy) is 1. The van der Waals surface area contributed by atoms with Crippen molar-refractivity contribution in [3.05, 3.63) is 71.8 Å². The molecular formula is C29H35N5O4. The molecule has 2 atom stereocenters. The highest BCUT2D eigenvalue weighted by atomic mass is 16.5. The molecule has 2 aromatic carbocycles. The molecule has 9 heteroatoms. The monoisotopic (exact) mass is 517 g/mol. The van der Waals surface area contributed by atoms with Gasteiger partial charge in [-0.05, 0) is 17.5 Å². The molecular weight excluding hydrogens is 482 g/mol. The Morgan fingerprint density at radius 2 is 1.76 bits per heavy atom. The van der Waals surface area contributed by atoms with Crippen LogP contribution in [-0.4, -0.2) is 82.7 Å². The first-order chi connectivity index (χ1) is 18.5. The maximum Gasteiger partial charge on any atom is 0.334 e. The van der Waals surface area contributed by atoms with Crippen LogP contribution in [0, 0.1) is 12.3 Å². The molecule has 2 aliphatic rings. The number of hydrogen-bond acceptors (Lipinski definition) is 5. The van der Waals surface area contributed by atoms with Crippen LogP contribution in [0.15, 0.2) is 60.7 Å². The van der Waals surface area contributed by atoms with Gasteiger partial charge in [-0.15, -0.1) is 6.42 Å². The van der Waals surface area contributed by atoms with Gasteiger partial charge < -0.3 is 19.9 Å². The molecule has 2 aliphatic heterocycles. The van der Waals surface area contributed by atoms with E-state index in [9.17, 15) is 14.4 Å². The summed E-state index contributed by atoms with van der Waals surface area (Å²) in [5, 5.41) is 6.07. The molecule has 4 rings (SSSR count). The molecule has 1 N–H and O–H groups in total. The Labute approximate surface area is 224 Å². The highest BCUT2D eigenvalue weighted by Crippen LogP contribution is 2.28. The summed E-state index contributed by atoms with van der Waals surface area (Å²) in [7, 11) is 0. The second kappa shape index (κ2) is 13.1. The number of benzene rings is 2. The first-order valence-corrected chi connectivity index (χ1v) is 13.0. The fourth-order valence-electron chi connectivity index (χ4n) is 4.98. The summed E-state index contributed by atoms with van der Waals surface area (Å²) in [5.41, 5.74) is 2.01. The molecule has 2 saturated heterocycles. The van der Waals surface area contributed by atoms with Gasteiger partial charge in [-0.25, -0.2) is 9.80 Å². The van der Waals surface area contributed by atoms with Crippen molar-refractivity contribution in [2.24, 2.45) is 0 Å². The number of carbonyl (C=O) groups excluding carboxylic acids is 3. The third-order valence-electron chi connectivity index (χ3n) is 6.78. The van der Waals surface area contributed by atoms with Crippen LogP contribution in [0.4, 0.5) is 4.79 Å². The Bertz CT molecular complexity index is 1140. The maximum atomic E-state index is 13.5. The van der Waals surface area contributed by atoms with Crippen molar-refractivity contribution < 1.29 is 19.1 Å². The average Bonchev–Trinajstić information content (AvgIpc) is 2.93. The number of hydrazine groups is 1. The van der Waals surface area contributed by atoms with Crippen LogP contribution in [0.5, 0.6) is 0 Å². The summed E-state index contributed by atoms with van der Waals surface area (Å²) in [6, 6.07) is 18.4. The molecule has 38 heavy (non-hydrogen) atoms. The van der Waals surface area contributed by atoms with Gasteiger partial charge in [0.1, 0.15) is 12.2 Å². The van der Waals surface area contributed by atoms with Crippen molar-refractivity contribution in [3.63, 3.8) is 0 Å². The van der Waals surface area contributed by atoms with E-state index >= 15 is 0 Å². The fourth-order valence-corrected chi connectivity index (χ4v) is 4.98. The molecule has 0 spiro atoms. The predicted octanol–water partition coefficient (Wildman–Crippen LogP) is 2.44. The highest BCUT2D eigenvalue weighted by molar-refractivity contribution is 5.91. The first kappa shape index (κ1) is 27.2. The summed E-state index contributed by atoms with van der Waals surface area (Å²) < 4.78 is 5.84. The molecule has 2 fully saturated rings. The van der Waals surface area contributed by atoms with Crippen LogP contribution < -0.4 is 5.32 Å². The number of nitrogens with one attached hydrogen (secondary N) is 1. The second-order valence-electron chi connectivity index (χ2n) is 9.42. The van der Waals surface area contributed by atoms with E-state index in [4.69, 9.17) is 11.2 Å². The highest BCUT2D eigenvalue weighted by Gasteiger charge is 2.50. The van der Waals surface area contributed by atoms with Gasteiger partial charge in [-0.1, -0.05) is 79.9 Å². The van der Waals surface area contributed by atoms with Crippen molar-refractivity contribution in [3.8, 4) is 12.3 Å². The van der Waals surface area contributed by atoms with Crippen molar-refractivity contribution in [1.29, 1.82) is 0 Å². The number of amides is 4. The van der Waals surface area contributed by atoms with Crippen LogP contribution in [-0.2, 0) is 27.5 Å². The minimum atomic E-state index is -0.663. The lowest BCUT2D eigenvalue weighted by atomic mass is 10.0. The SMILES string of the molecule is C#CCN1CC(=O)N2[C@@H](CCC)C(=O)N(CCOCc3ccccc3)C[C@@H]2N1C(=O)NCc1ccccc1. The summed E-state index contributed by atoms with van der Waals surface area (Å²) >= 11 is 0. The Hall–Kier alpha value is -3.87. The molecule has 0 bridgehead atoms. The Balaban J connectivity index is 1.51. The molecule has 0 radical (unpaired) electrons. The van der Waals surface area contributed by atoms with E-state index in [1.807, 2.05) is 67.6 Å². The van der Waals surface area contributed by atoms with Gasteiger partial charge in [-0.2, -0.15) is 5.01 Å². The molecule has 0 aliphatic carbocycles. The molecule has 2 heterocycles. The molecule has 9 nitrogen and oxygen atoms in total. The average molecular weight is 518 g/mol. The van der Waals surface area contributed by atoms with Crippen molar-refractivity contribution in [1.82, 2.24) is 25.1 Å². The normalized spacial score (nSPS) is 19.7. The largest absolute Gasteiger partial charge is 0.375 e. The number of fused-ring (bicyclic) bond motifs is 1. The molecule has 0 unspecified atom stereocenters. The molecule has 4 amide bonds. The number of nitrogens with zero attached hydrogens (tertiary/aromatic N) is 4. The summed E-state index contributed by atoms with van der Waals surface area (Å²) in [6.45, 7) is 3.67. The van der Waals surface area contributed by atoms with Crippen molar-refractivity contribution in [2.45, 2.75) is 45.1 Å². The van der Waals surface area contributed by atoms with E-state index in [1.165, 1.54) is 5.01 Å². The Morgan fingerprint density at radius 1 is 1.08 bits per heavy atom. The van der Waals surface area contributed by atoms with E-state index in [1.54, 1.807) is 14.8 Å². The van der Waals surface area contributed by atoms with E-state index in [0.29, 0.717) is 32.7 Å². The van der Waals surface area contributed by atoms with Crippen LogP contribution in [0.1, 0.15) is 30.9 Å². The zero-order chi connectivity index (χ0) is 26.9. The molecule has 2 aromatic rings. The third-order valence-corrected chi connectivity index (χ3v) is 6.78. The van der Waals surface area contributed by atoms with Crippen LogP contribution >= 0.6 is 0 Å². The summed E-state index contributed by atoms with van der Waals surface area (Å²) in [6.07, 6.45) is 6.17. The van der Waals surface area contributed by atoms with E-state index < -0.39 is 12.2 Å². The van der Waals surface area contributed by atoms with Gasteiger partial charge in [0.05, 0.1) is 32.8 Å². The maximum absolute atomic E-state index is 13.5. The van der Waals surface area contributed by atoms with Crippen LogP contribution in [0.3, 0.4) is 0 Å². The Kier molecular flexibility index (Phi) is 9.35. The van der Waals surface area contributed by atoms with Crippen LogP contribution in [0.25, 0.3) is 0 Å². The van der Waals surface area contributed by atoms with E-state index in [0.717, 1.165) is 17.5 Å². The van der Waals surface area contributed by atoms with E-state index in [2.05, 4.69) is 11.2 Å². The minimum absolute atomic E-state index is 0.0624. The van der Waals surface area contributed by atoms with Gasteiger partial charge >= 0.3 is 6.03 Å². The third kappa shape index (κ3) is 6.33. The van der Waals surface area contributed by atoms with Crippen molar-refractivity contribution >= 4 is 17.8 Å². The number of hydrogen-bond donors (Lipinski definition) is 1. The second-order valence-corrected chi connectivity index (χ2v) is 9.42. The lowest BCUT2D eigenvalue weighted by Crippen LogP contribution is -2.76. The predicted molar refractivity (Wildman–Crippen MR) is 143 cm³/mol. The zero-order valence-electron chi connectivity index (χ0n) is 21.8. The standard InChI is InChI=1S/C29H35N5O4/c1-3-11-25-28(36)31(17-18-38-22-24-14-9-6-10-15-24)20-26-33(25)27(35)21-32(16-4-2)34(26)29(37)30-19-23-12-7-5-8-13-23/h2,5-10,12-15,25-26H,3,11,16-22H2,1H3,(H,30,37)/t25-,26-/m0/s1. The number of terminal acetylenes is 1. The lowest BCUT2D eigenvalue weighted by molar-refractivity contribution is -0.189. The molecule has 200 valence electrons. The quantitative estimate of drug-likeness (QED) is 0.387. The topological polar surface area (TPSA) is 85.4 Å². The van der Waals surface area contributed by atoms with Crippen LogP contribution in [0.2, 0.25) is 0 Å². The summed E-state index contributed by atoms with van der Waals surface area (Å²) in [4.78, 5) is 43.6. The smallest absolute Gasteiger partial charge is 0.334 e. The van der Waals surface area contributed by atoms with Gasteiger partial charge in [0, 0.05) is 13.1 Å². The van der Waals surface area contributed by atoms with E-state index in [-0.39, 0.29) is 37.5 Å². The number of carbonyl (C=O) groups is 3. The van der Waals surface area contributed by atoms with Gasteiger partial charge in [0.2, 0.25) is 11.8 Å². The number of urea groups is 1.